The number of hydrogen-bond donors (Lipinski definition) is 0. The first-order valence-electron chi connectivity index (χ1n) is 25.6. The van der Waals surface area contributed by atoms with Gasteiger partial charge in [-0.1, -0.05) is 267 Å². The van der Waals surface area contributed by atoms with Crippen LogP contribution in [0.1, 0.15) is 44.5 Å². The lowest BCUT2D eigenvalue weighted by Crippen LogP contribution is -2.43. The van der Waals surface area contributed by atoms with Gasteiger partial charge in [0, 0.05) is 16.7 Å². The third-order valence-corrected chi connectivity index (χ3v) is 16.2. The molecule has 12 aromatic rings. The molecule has 2 spiro atoms. The molecule has 2 heteroatoms. The Kier molecular flexibility index (Phi) is 9.43. The highest BCUT2D eigenvalue weighted by Gasteiger charge is 2.58. The van der Waals surface area contributed by atoms with E-state index >= 15 is 0 Å². The Hall–Kier alpha value is -9.50. The monoisotopic (exact) mass is 938 g/mol. The normalized spacial score (nSPS) is 13.6. The van der Waals surface area contributed by atoms with Gasteiger partial charge in [0.2, 0.25) is 0 Å². The molecule has 344 valence electrons. The lowest BCUT2D eigenvalue weighted by Gasteiger charge is -2.48. The second-order valence-corrected chi connectivity index (χ2v) is 19.9. The minimum atomic E-state index is -0.559. The standard InChI is InChI=1S/C72H46N2/c1-3-17-47(18-4-1)49-31-37-52(38-32-49)68-46-69(53-39-33-50(34-40-53)48-19-5-2-6-20-48)74-70(73-68)54-41-35-51(36-42-54)55-43-44-59-58-23-9-12-26-62(58)72(67(59)45-55)65-29-15-13-27-63(65)71(64-28-14-16-30-66(64)72)60-24-10-7-21-56(60)57-22-8-11-25-61(57)71/h1-46H. The summed E-state index contributed by atoms with van der Waals surface area (Å²) in [5.41, 5.74) is 26.7. The van der Waals surface area contributed by atoms with Crippen LogP contribution >= 0.6 is 0 Å². The van der Waals surface area contributed by atoms with Gasteiger partial charge in [-0.15, -0.1) is 0 Å². The zero-order valence-electron chi connectivity index (χ0n) is 40.5. The lowest BCUT2D eigenvalue weighted by atomic mass is 9.52. The van der Waals surface area contributed by atoms with Crippen molar-refractivity contribution in [2.45, 2.75) is 10.8 Å². The first-order chi connectivity index (χ1) is 36.7. The van der Waals surface area contributed by atoms with Gasteiger partial charge in [-0.05, 0) is 112 Å². The molecule has 0 saturated carbocycles. The first kappa shape index (κ1) is 42.2. The summed E-state index contributed by atoms with van der Waals surface area (Å²) in [7, 11) is 0. The van der Waals surface area contributed by atoms with Gasteiger partial charge in [0.25, 0.3) is 0 Å². The molecule has 1 heterocycles. The van der Waals surface area contributed by atoms with E-state index in [-0.39, 0.29) is 0 Å². The van der Waals surface area contributed by atoms with Crippen molar-refractivity contribution in [3.8, 4) is 89.5 Å². The maximum atomic E-state index is 5.29. The fraction of sp³-hybridized carbons (Fsp3) is 0.0278. The molecule has 0 aliphatic heterocycles. The summed E-state index contributed by atoms with van der Waals surface area (Å²) in [5, 5.41) is 0. The van der Waals surface area contributed by atoms with Crippen molar-refractivity contribution in [3.05, 3.63) is 324 Å². The van der Waals surface area contributed by atoms with Crippen LogP contribution in [0.4, 0.5) is 0 Å². The molecular weight excluding hydrogens is 893 g/mol. The van der Waals surface area contributed by atoms with Crippen molar-refractivity contribution in [2.75, 3.05) is 0 Å². The maximum Gasteiger partial charge on any atom is 0.160 e. The van der Waals surface area contributed by atoms with Crippen LogP contribution in [0.5, 0.6) is 0 Å². The van der Waals surface area contributed by atoms with E-state index in [2.05, 4.69) is 279 Å². The number of hydrogen-bond acceptors (Lipinski definition) is 2. The van der Waals surface area contributed by atoms with Gasteiger partial charge in [-0.2, -0.15) is 0 Å². The van der Waals surface area contributed by atoms with E-state index < -0.39 is 10.8 Å². The van der Waals surface area contributed by atoms with Gasteiger partial charge < -0.3 is 0 Å². The Morgan fingerprint density at radius 1 is 0.189 bits per heavy atom. The topological polar surface area (TPSA) is 25.8 Å². The number of fused-ring (bicyclic) bond motifs is 16. The highest BCUT2D eigenvalue weighted by atomic mass is 14.9. The number of nitrogens with zero attached hydrogens (tertiary/aromatic N) is 2. The molecule has 0 fully saturated rings. The predicted molar refractivity (Wildman–Crippen MR) is 303 cm³/mol. The summed E-state index contributed by atoms with van der Waals surface area (Å²) < 4.78 is 0. The van der Waals surface area contributed by atoms with Crippen molar-refractivity contribution in [3.63, 3.8) is 0 Å². The molecule has 11 aromatic carbocycles. The minimum Gasteiger partial charge on any atom is -0.228 e. The average molecular weight is 939 g/mol. The molecule has 0 bridgehead atoms. The summed E-state index contributed by atoms with van der Waals surface area (Å²) >= 11 is 0. The zero-order chi connectivity index (χ0) is 48.8. The van der Waals surface area contributed by atoms with E-state index in [0.717, 1.165) is 33.6 Å². The van der Waals surface area contributed by atoms with Gasteiger partial charge in [0.05, 0.1) is 22.2 Å². The van der Waals surface area contributed by atoms with Gasteiger partial charge in [0.1, 0.15) is 0 Å². The highest BCUT2D eigenvalue weighted by molar-refractivity contribution is 5.94. The molecule has 0 radical (unpaired) electrons. The van der Waals surface area contributed by atoms with E-state index in [9.17, 15) is 0 Å². The molecule has 0 amide bonds. The summed E-state index contributed by atoms with van der Waals surface area (Å²) in [6, 6.07) is 103. The summed E-state index contributed by atoms with van der Waals surface area (Å²) in [6.07, 6.45) is 0. The van der Waals surface area contributed by atoms with Crippen molar-refractivity contribution >= 4 is 0 Å². The molecule has 0 atom stereocenters. The second-order valence-electron chi connectivity index (χ2n) is 19.9. The summed E-state index contributed by atoms with van der Waals surface area (Å²) in [6.45, 7) is 0. The predicted octanol–water partition coefficient (Wildman–Crippen LogP) is 17.5. The second kappa shape index (κ2) is 16.5. The van der Waals surface area contributed by atoms with E-state index in [1.54, 1.807) is 0 Å². The van der Waals surface area contributed by atoms with Crippen LogP contribution in [-0.2, 0) is 10.8 Å². The van der Waals surface area contributed by atoms with Crippen LogP contribution in [-0.4, -0.2) is 9.97 Å². The SMILES string of the molecule is c1ccc(-c2ccc(-c3cc(-c4ccc(-c5ccccc5)cc4)nc(-c4ccc(-c5ccc6c(c5)C5(c7ccccc7-6)c6ccccc6C6(c7ccccc7-c7ccccc76)c6ccccc65)cc4)n3)cc2)cc1. The van der Waals surface area contributed by atoms with E-state index in [4.69, 9.17) is 9.97 Å². The van der Waals surface area contributed by atoms with Crippen LogP contribution < -0.4 is 0 Å². The van der Waals surface area contributed by atoms with E-state index in [1.165, 1.54) is 94.6 Å². The lowest BCUT2D eigenvalue weighted by molar-refractivity contribution is 0.633. The quantitative estimate of drug-likeness (QED) is 0.166. The number of aromatic nitrogens is 2. The third kappa shape index (κ3) is 6.12. The van der Waals surface area contributed by atoms with Crippen LogP contribution in [0.25, 0.3) is 89.5 Å². The maximum absolute atomic E-state index is 5.29. The van der Waals surface area contributed by atoms with Crippen LogP contribution in [0.2, 0.25) is 0 Å². The third-order valence-electron chi connectivity index (χ3n) is 16.2. The molecule has 3 aliphatic rings. The fourth-order valence-corrected chi connectivity index (χ4v) is 13.0. The molecule has 0 unspecified atom stereocenters. The molecule has 0 saturated heterocycles. The minimum absolute atomic E-state index is 0.479. The first-order valence-corrected chi connectivity index (χ1v) is 25.6. The molecule has 15 rings (SSSR count). The number of benzene rings is 11. The smallest absolute Gasteiger partial charge is 0.160 e. The Morgan fingerprint density at radius 3 is 0.892 bits per heavy atom. The van der Waals surface area contributed by atoms with Crippen molar-refractivity contribution < 1.29 is 0 Å². The largest absolute Gasteiger partial charge is 0.228 e. The van der Waals surface area contributed by atoms with Crippen LogP contribution in [0, 0.1) is 0 Å². The highest BCUT2D eigenvalue weighted by Crippen LogP contribution is 2.67. The molecule has 3 aliphatic carbocycles. The Labute approximate surface area is 431 Å². The van der Waals surface area contributed by atoms with Gasteiger partial charge >= 0.3 is 0 Å². The molecular formula is C72H46N2. The van der Waals surface area contributed by atoms with Gasteiger partial charge in [-0.3, -0.25) is 0 Å². The summed E-state index contributed by atoms with van der Waals surface area (Å²) in [5.74, 6) is 0.686. The van der Waals surface area contributed by atoms with Crippen molar-refractivity contribution in [1.82, 2.24) is 9.97 Å². The Morgan fingerprint density at radius 2 is 0.473 bits per heavy atom. The van der Waals surface area contributed by atoms with Gasteiger partial charge in [0.15, 0.2) is 5.82 Å². The van der Waals surface area contributed by atoms with Crippen molar-refractivity contribution in [2.24, 2.45) is 0 Å². The fourth-order valence-electron chi connectivity index (χ4n) is 13.0. The van der Waals surface area contributed by atoms with Gasteiger partial charge in [-0.25, -0.2) is 9.97 Å². The number of rotatable bonds is 6. The Balaban J connectivity index is 0.862. The van der Waals surface area contributed by atoms with Crippen LogP contribution in [0.3, 0.4) is 0 Å². The van der Waals surface area contributed by atoms with Crippen LogP contribution in [0.15, 0.2) is 279 Å². The molecule has 2 nitrogen and oxygen atoms in total. The molecule has 74 heavy (non-hydrogen) atoms. The Bertz CT molecular complexity index is 3960. The van der Waals surface area contributed by atoms with E-state index in [0.29, 0.717) is 5.82 Å². The summed E-state index contributed by atoms with van der Waals surface area (Å²) in [4.78, 5) is 10.6. The zero-order valence-corrected chi connectivity index (χ0v) is 40.5. The van der Waals surface area contributed by atoms with Crippen molar-refractivity contribution in [1.29, 1.82) is 0 Å². The molecule has 0 N–H and O–H groups in total. The van der Waals surface area contributed by atoms with E-state index in [1.807, 2.05) is 0 Å². The average Bonchev–Trinajstić information content (AvgIpc) is 3.98. The molecule has 1 aromatic heterocycles.